The number of halogens is 2. The molecule has 0 bridgehead atoms. The van der Waals surface area contributed by atoms with Crippen LogP contribution in [0.4, 0.5) is 14.5 Å². The molecule has 2 atom stereocenters. The van der Waals surface area contributed by atoms with Crippen molar-refractivity contribution in [1.82, 2.24) is 0 Å². The SMILES string of the molecule is O=C1[C@H](CCC(=NO)c2ccc(F)cc2)[C@@H](c2ccc(OCc3ccccc3)cc2)N1c1ccc(F)cc1. The molecule has 1 amide bonds. The Bertz CT molecular complexity index is 1410. The molecule has 192 valence electrons. The molecular formula is C31H26F2N2O3. The lowest BCUT2D eigenvalue weighted by Gasteiger charge is -2.47. The van der Waals surface area contributed by atoms with Crippen LogP contribution in [0.3, 0.4) is 0 Å². The molecule has 0 radical (unpaired) electrons. The van der Waals surface area contributed by atoms with E-state index in [0.717, 1.165) is 11.1 Å². The van der Waals surface area contributed by atoms with Gasteiger partial charge in [-0.1, -0.05) is 59.8 Å². The molecule has 1 N–H and O–H groups in total. The molecule has 1 heterocycles. The topological polar surface area (TPSA) is 62.1 Å². The number of nitrogens with zero attached hydrogens (tertiary/aromatic N) is 2. The molecule has 1 fully saturated rings. The molecule has 1 saturated heterocycles. The van der Waals surface area contributed by atoms with E-state index in [1.54, 1.807) is 29.2 Å². The molecule has 38 heavy (non-hydrogen) atoms. The predicted octanol–water partition coefficient (Wildman–Crippen LogP) is 6.91. The summed E-state index contributed by atoms with van der Waals surface area (Å²) in [6.07, 6.45) is 0.745. The second-order valence-electron chi connectivity index (χ2n) is 9.17. The van der Waals surface area contributed by atoms with Crippen molar-refractivity contribution in [2.24, 2.45) is 11.1 Å². The maximum Gasteiger partial charge on any atom is 0.233 e. The Labute approximate surface area is 219 Å². The Kier molecular flexibility index (Phi) is 7.45. The number of β-lactam (4-membered cyclic amide) rings is 1. The third-order valence-corrected chi connectivity index (χ3v) is 6.78. The quantitative estimate of drug-likeness (QED) is 0.115. The number of hydrogen-bond donors (Lipinski definition) is 1. The summed E-state index contributed by atoms with van der Waals surface area (Å²) < 4.78 is 32.8. The summed E-state index contributed by atoms with van der Waals surface area (Å²) >= 11 is 0. The van der Waals surface area contributed by atoms with Gasteiger partial charge >= 0.3 is 0 Å². The second-order valence-corrected chi connectivity index (χ2v) is 9.17. The van der Waals surface area contributed by atoms with Crippen molar-refractivity contribution in [2.45, 2.75) is 25.5 Å². The van der Waals surface area contributed by atoms with Crippen molar-refractivity contribution in [3.05, 3.63) is 131 Å². The largest absolute Gasteiger partial charge is 0.489 e. The highest BCUT2D eigenvalue weighted by molar-refractivity contribution is 6.04. The second kappa shape index (κ2) is 11.3. The van der Waals surface area contributed by atoms with Crippen LogP contribution in [0.15, 0.2) is 108 Å². The van der Waals surface area contributed by atoms with Gasteiger partial charge in [0.15, 0.2) is 0 Å². The smallest absolute Gasteiger partial charge is 0.233 e. The van der Waals surface area contributed by atoms with Crippen LogP contribution in [0.5, 0.6) is 5.75 Å². The highest BCUT2D eigenvalue weighted by Gasteiger charge is 2.48. The number of ether oxygens (including phenoxy) is 1. The highest BCUT2D eigenvalue weighted by atomic mass is 19.1. The van der Waals surface area contributed by atoms with E-state index in [0.29, 0.717) is 42.2 Å². The molecule has 4 aromatic carbocycles. The first-order valence-corrected chi connectivity index (χ1v) is 12.4. The van der Waals surface area contributed by atoms with E-state index in [1.165, 1.54) is 24.3 Å². The van der Waals surface area contributed by atoms with Gasteiger partial charge in [0.25, 0.3) is 0 Å². The van der Waals surface area contributed by atoms with Gasteiger partial charge < -0.3 is 14.8 Å². The Morgan fingerprint density at radius 1 is 0.842 bits per heavy atom. The average Bonchev–Trinajstić information content (AvgIpc) is 2.95. The number of amides is 1. The van der Waals surface area contributed by atoms with Crippen LogP contribution >= 0.6 is 0 Å². The Balaban J connectivity index is 1.35. The Hall–Kier alpha value is -4.52. The zero-order chi connectivity index (χ0) is 26.5. The lowest BCUT2D eigenvalue weighted by atomic mass is 9.78. The monoisotopic (exact) mass is 512 g/mol. The average molecular weight is 513 g/mol. The summed E-state index contributed by atoms with van der Waals surface area (Å²) in [5.74, 6) is -0.529. The predicted molar refractivity (Wildman–Crippen MR) is 141 cm³/mol. The minimum atomic E-state index is -0.383. The maximum absolute atomic E-state index is 13.6. The van der Waals surface area contributed by atoms with Gasteiger partial charge in [0.2, 0.25) is 5.91 Å². The molecule has 1 aliphatic heterocycles. The minimum Gasteiger partial charge on any atom is -0.489 e. The van der Waals surface area contributed by atoms with E-state index in [9.17, 15) is 18.8 Å². The number of rotatable bonds is 9. The van der Waals surface area contributed by atoms with Crippen molar-refractivity contribution in [1.29, 1.82) is 0 Å². The molecule has 0 aliphatic carbocycles. The molecule has 0 saturated carbocycles. The van der Waals surface area contributed by atoms with E-state index >= 15 is 0 Å². The van der Waals surface area contributed by atoms with Gasteiger partial charge in [-0.15, -0.1) is 0 Å². The van der Waals surface area contributed by atoms with Gasteiger partial charge in [-0.2, -0.15) is 0 Å². The summed E-state index contributed by atoms with van der Waals surface area (Å²) in [6, 6.07) is 28.7. The van der Waals surface area contributed by atoms with E-state index in [2.05, 4.69) is 5.16 Å². The number of hydrogen-bond acceptors (Lipinski definition) is 4. The molecule has 7 heteroatoms. The van der Waals surface area contributed by atoms with Crippen molar-refractivity contribution in [2.75, 3.05) is 4.90 Å². The minimum absolute atomic E-state index is 0.0950. The summed E-state index contributed by atoms with van der Waals surface area (Å²) in [5.41, 5.74) is 3.55. The molecule has 0 spiro atoms. The maximum atomic E-state index is 13.6. The van der Waals surface area contributed by atoms with Crippen LogP contribution < -0.4 is 9.64 Å². The summed E-state index contributed by atoms with van der Waals surface area (Å²) in [4.78, 5) is 15.0. The van der Waals surface area contributed by atoms with Crippen molar-refractivity contribution >= 4 is 17.3 Å². The Morgan fingerprint density at radius 2 is 1.47 bits per heavy atom. The normalized spacial score (nSPS) is 17.3. The Morgan fingerprint density at radius 3 is 2.11 bits per heavy atom. The van der Waals surface area contributed by atoms with E-state index in [-0.39, 0.29) is 29.5 Å². The fraction of sp³-hybridized carbons (Fsp3) is 0.161. The molecular weight excluding hydrogens is 486 g/mol. The number of carbonyl (C=O) groups excluding carboxylic acids is 1. The van der Waals surface area contributed by atoms with Gasteiger partial charge in [0, 0.05) is 5.69 Å². The first-order chi connectivity index (χ1) is 18.5. The molecule has 5 rings (SSSR count). The molecule has 1 aliphatic rings. The number of oxime groups is 1. The van der Waals surface area contributed by atoms with Gasteiger partial charge in [-0.3, -0.25) is 4.79 Å². The molecule has 4 aromatic rings. The van der Waals surface area contributed by atoms with Gasteiger partial charge in [0.1, 0.15) is 24.0 Å². The zero-order valence-electron chi connectivity index (χ0n) is 20.5. The first-order valence-electron chi connectivity index (χ1n) is 12.4. The molecule has 5 nitrogen and oxygen atoms in total. The third-order valence-electron chi connectivity index (χ3n) is 6.78. The molecule has 0 unspecified atom stereocenters. The van der Waals surface area contributed by atoms with Gasteiger partial charge in [0.05, 0.1) is 17.7 Å². The molecule has 0 aromatic heterocycles. The van der Waals surface area contributed by atoms with E-state index in [1.807, 2.05) is 54.6 Å². The van der Waals surface area contributed by atoms with Crippen LogP contribution in [0.1, 0.15) is 35.6 Å². The van der Waals surface area contributed by atoms with Gasteiger partial charge in [-0.05, 0) is 78.1 Å². The first kappa shape index (κ1) is 25.1. The van der Waals surface area contributed by atoms with Crippen molar-refractivity contribution in [3.63, 3.8) is 0 Å². The van der Waals surface area contributed by atoms with Crippen LogP contribution in [0, 0.1) is 17.6 Å². The third kappa shape index (κ3) is 5.42. The van der Waals surface area contributed by atoms with Crippen LogP contribution in [-0.4, -0.2) is 16.8 Å². The highest BCUT2D eigenvalue weighted by Crippen LogP contribution is 2.46. The fourth-order valence-electron chi connectivity index (χ4n) is 4.79. The van der Waals surface area contributed by atoms with E-state index in [4.69, 9.17) is 4.74 Å². The summed E-state index contributed by atoms with van der Waals surface area (Å²) in [7, 11) is 0. The van der Waals surface area contributed by atoms with Gasteiger partial charge in [-0.25, -0.2) is 8.78 Å². The summed E-state index contributed by atoms with van der Waals surface area (Å²) in [6.45, 7) is 0.444. The fourth-order valence-corrected chi connectivity index (χ4v) is 4.79. The lowest BCUT2D eigenvalue weighted by molar-refractivity contribution is -0.130. The van der Waals surface area contributed by atoms with Crippen LogP contribution in [-0.2, 0) is 11.4 Å². The summed E-state index contributed by atoms with van der Waals surface area (Å²) in [5, 5.41) is 13.0. The van der Waals surface area contributed by atoms with Crippen LogP contribution in [0.25, 0.3) is 0 Å². The zero-order valence-corrected chi connectivity index (χ0v) is 20.5. The number of anilines is 1. The number of carbonyl (C=O) groups is 1. The lowest BCUT2D eigenvalue weighted by Crippen LogP contribution is -2.55. The van der Waals surface area contributed by atoms with Crippen LogP contribution in [0.2, 0.25) is 0 Å². The van der Waals surface area contributed by atoms with Crippen molar-refractivity contribution < 1.29 is 23.5 Å². The standard InChI is InChI=1S/C31H26F2N2O3/c32-24-10-6-22(7-11-24)29(34-37)19-18-28-30(35(31(28)36)26-14-12-25(33)13-15-26)23-8-16-27(17-9-23)38-20-21-4-2-1-3-5-21/h1-17,28,30,37H,18-20H2/t28-,30-/m1/s1. The van der Waals surface area contributed by atoms with Crippen molar-refractivity contribution in [3.8, 4) is 5.75 Å². The van der Waals surface area contributed by atoms with E-state index < -0.39 is 0 Å². The number of benzene rings is 4.